The van der Waals surface area contributed by atoms with Gasteiger partial charge in [-0.1, -0.05) is 0 Å². The second-order valence-electron chi connectivity index (χ2n) is 5.18. The zero-order chi connectivity index (χ0) is 17.4. The first-order valence-corrected chi connectivity index (χ1v) is 6.62. The van der Waals surface area contributed by atoms with E-state index in [2.05, 4.69) is 0 Å². The van der Waals surface area contributed by atoms with Crippen LogP contribution >= 0.6 is 0 Å². The molecule has 6 nitrogen and oxygen atoms in total. The molecular formula is C13H13F4N3O3. The van der Waals surface area contributed by atoms with Gasteiger partial charge in [0.1, 0.15) is 24.1 Å². The number of hydrogen-bond acceptors (Lipinski definition) is 4. The predicted molar refractivity (Wildman–Crippen MR) is 72.5 cm³/mol. The second-order valence-corrected chi connectivity index (χ2v) is 5.18. The largest absolute Gasteiger partial charge is 0.406 e. The third-order valence-electron chi connectivity index (χ3n) is 3.62. The Morgan fingerprint density at radius 1 is 1.43 bits per heavy atom. The number of alkyl halides is 3. The molecule has 1 fully saturated rings. The Bertz CT molecular complexity index is 635. The van der Waals surface area contributed by atoms with E-state index in [1.807, 2.05) is 0 Å². The molecule has 0 aliphatic carbocycles. The highest BCUT2D eigenvalue weighted by atomic mass is 19.4. The van der Waals surface area contributed by atoms with E-state index in [4.69, 9.17) is 0 Å². The van der Waals surface area contributed by atoms with Gasteiger partial charge in [-0.05, 0) is 18.6 Å². The topological polar surface area (TPSA) is 66.7 Å². The second kappa shape index (κ2) is 6.01. The Morgan fingerprint density at radius 3 is 2.65 bits per heavy atom. The number of hydrogen-bond donors (Lipinski definition) is 0. The van der Waals surface area contributed by atoms with Crippen molar-refractivity contribution in [2.75, 3.05) is 25.0 Å². The molecular weight excluding hydrogens is 322 g/mol. The van der Waals surface area contributed by atoms with E-state index >= 15 is 0 Å². The summed E-state index contributed by atoms with van der Waals surface area (Å²) in [5.74, 6) is -1.58. The number of carbonyl (C=O) groups excluding carboxylic acids is 1. The van der Waals surface area contributed by atoms with Crippen LogP contribution in [0.3, 0.4) is 0 Å². The van der Waals surface area contributed by atoms with Gasteiger partial charge in [-0.3, -0.25) is 14.9 Å². The van der Waals surface area contributed by atoms with Crippen LogP contribution in [0, 0.1) is 15.9 Å². The van der Waals surface area contributed by atoms with Crippen LogP contribution in [0.1, 0.15) is 6.42 Å². The first-order valence-electron chi connectivity index (χ1n) is 6.62. The Kier molecular flexibility index (Phi) is 4.44. The Labute approximate surface area is 128 Å². The van der Waals surface area contributed by atoms with E-state index in [9.17, 15) is 32.5 Å². The maximum absolute atomic E-state index is 13.1. The van der Waals surface area contributed by atoms with Gasteiger partial charge in [-0.25, -0.2) is 4.39 Å². The van der Waals surface area contributed by atoms with Gasteiger partial charge in [0.15, 0.2) is 0 Å². The number of anilines is 1. The van der Waals surface area contributed by atoms with Gasteiger partial charge in [0.05, 0.1) is 11.0 Å². The van der Waals surface area contributed by atoms with E-state index < -0.39 is 41.1 Å². The van der Waals surface area contributed by atoms with Gasteiger partial charge < -0.3 is 9.80 Å². The molecule has 1 aliphatic rings. The van der Waals surface area contributed by atoms with Gasteiger partial charge in [-0.2, -0.15) is 13.2 Å². The first-order chi connectivity index (χ1) is 10.6. The Balaban J connectivity index is 2.24. The quantitative estimate of drug-likeness (QED) is 0.481. The molecule has 0 bridgehead atoms. The summed E-state index contributed by atoms with van der Waals surface area (Å²) in [5.41, 5.74) is -0.571. The number of likely N-dealkylation sites (N-methyl/N-ethyl adjacent to an activating group) is 1. The van der Waals surface area contributed by atoms with Gasteiger partial charge >= 0.3 is 6.18 Å². The van der Waals surface area contributed by atoms with Crippen LogP contribution in [0.5, 0.6) is 0 Å². The van der Waals surface area contributed by atoms with Crippen molar-refractivity contribution in [3.8, 4) is 0 Å². The van der Waals surface area contributed by atoms with Crippen LogP contribution in [-0.4, -0.2) is 48.1 Å². The summed E-state index contributed by atoms with van der Waals surface area (Å²) in [6, 6.07) is 1.87. The minimum absolute atomic E-state index is 0.0244. The fourth-order valence-electron chi connectivity index (χ4n) is 2.56. The summed E-state index contributed by atoms with van der Waals surface area (Å²) >= 11 is 0. The number of nitro benzene ring substituents is 1. The number of benzene rings is 1. The molecule has 23 heavy (non-hydrogen) atoms. The van der Waals surface area contributed by atoms with Crippen molar-refractivity contribution in [2.24, 2.45) is 0 Å². The Morgan fingerprint density at radius 2 is 2.09 bits per heavy atom. The molecule has 10 heteroatoms. The molecule has 1 amide bonds. The standard InChI is InChI=1S/C13H13F4N3O3/c1-18(9-3-2-8(14)6-11(9)20(22)23)10-4-5-19(12(10)21)7-13(15,16)17/h2-3,6,10H,4-5,7H2,1H3/t10-/m1/s1. The predicted octanol–water partition coefficient (Wildman–Crippen LogP) is 2.33. The summed E-state index contributed by atoms with van der Waals surface area (Å²) in [6.07, 6.45) is -4.41. The van der Waals surface area contributed by atoms with Crippen LogP contribution < -0.4 is 4.90 Å². The van der Waals surface area contributed by atoms with Crippen molar-refractivity contribution in [3.05, 3.63) is 34.1 Å². The van der Waals surface area contributed by atoms with Crippen molar-refractivity contribution < 1.29 is 27.3 Å². The number of likely N-dealkylation sites (tertiary alicyclic amines) is 1. The Hall–Kier alpha value is -2.39. The highest BCUT2D eigenvalue weighted by Crippen LogP contribution is 2.32. The smallest absolute Gasteiger partial charge is 0.357 e. The molecule has 2 rings (SSSR count). The average Bonchev–Trinajstić information content (AvgIpc) is 2.77. The molecule has 1 heterocycles. The lowest BCUT2D eigenvalue weighted by Gasteiger charge is -2.25. The van der Waals surface area contributed by atoms with Crippen molar-refractivity contribution in [1.29, 1.82) is 0 Å². The molecule has 0 aromatic heterocycles. The molecule has 1 saturated heterocycles. The van der Waals surface area contributed by atoms with Crippen LogP contribution in [0.25, 0.3) is 0 Å². The molecule has 1 aromatic carbocycles. The fourth-order valence-corrected chi connectivity index (χ4v) is 2.56. The van der Waals surface area contributed by atoms with Gasteiger partial charge in [0.2, 0.25) is 5.91 Å². The average molecular weight is 335 g/mol. The number of nitro groups is 1. The number of amides is 1. The minimum atomic E-state index is -4.51. The SMILES string of the molecule is CN(c1ccc(F)cc1[N+](=O)[O-])[C@@H]1CCN(CC(F)(F)F)C1=O. The van der Waals surface area contributed by atoms with E-state index in [1.165, 1.54) is 11.9 Å². The third kappa shape index (κ3) is 3.69. The molecule has 0 spiro atoms. The molecule has 1 aromatic rings. The molecule has 1 atom stereocenters. The van der Waals surface area contributed by atoms with Gasteiger partial charge in [-0.15, -0.1) is 0 Å². The summed E-state index contributed by atoms with van der Waals surface area (Å²) < 4.78 is 50.4. The lowest BCUT2D eigenvalue weighted by molar-refractivity contribution is -0.384. The number of halogens is 4. The van der Waals surface area contributed by atoms with Crippen LogP contribution in [0.2, 0.25) is 0 Å². The normalized spacial score (nSPS) is 18.4. The van der Waals surface area contributed by atoms with Crippen LogP contribution in [-0.2, 0) is 4.79 Å². The lowest BCUT2D eigenvalue weighted by atomic mass is 10.1. The molecule has 0 N–H and O–H groups in total. The highest BCUT2D eigenvalue weighted by molar-refractivity contribution is 5.88. The molecule has 0 saturated carbocycles. The molecule has 0 unspecified atom stereocenters. The van der Waals surface area contributed by atoms with Crippen molar-refractivity contribution >= 4 is 17.3 Å². The van der Waals surface area contributed by atoms with Crippen molar-refractivity contribution in [2.45, 2.75) is 18.6 Å². The van der Waals surface area contributed by atoms with Crippen molar-refractivity contribution in [3.63, 3.8) is 0 Å². The van der Waals surface area contributed by atoms with Gasteiger partial charge in [0.25, 0.3) is 5.69 Å². The third-order valence-corrected chi connectivity index (χ3v) is 3.62. The maximum Gasteiger partial charge on any atom is 0.406 e. The van der Waals surface area contributed by atoms with E-state index in [0.717, 1.165) is 12.1 Å². The number of rotatable bonds is 4. The van der Waals surface area contributed by atoms with E-state index in [-0.39, 0.29) is 18.7 Å². The summed E-state index contributed by atoms with van der Waals surface area (Å²) in [4.78, 5) is 24.2. The zero-order valence-electron chi connectivity index (χ0n) is 12.0. The summed E-state index contributed by atoms with van der Waals surface area (Å²) in [6.45, 7) is -1.45. The first kappa shape index (κ1) is 17.0. The maximum atomic E-state index is 13.1. The molecule has 1 aliphatic heterocycles. The summed E-state index contributed by atoms with van der Waals surface area (Å²) in [7, 11) is 1.36. The van der Waals surface area contributed by atoms with Crippen LogP contribution in [0.15, 0.2) is 18.2 Å². The number of carbonyl (C=O) groups is 1. The molecule has 126 valence electrons. The fraction of sp³-hybridized carbons (Fsp3) is 0.462. The molecule has 0 radical (unpaired) electrons. The van der Waals surface area contributed by atoms with Gasteiger partial charge in [0, 0.05) is 13.6 Å². The zero-order valence-corrected chi connectivity index (χ0v) is 12.0. The van der Waals surface area contributed by atoms with E-state index in [1.54, 1.807) is 0 Å². The van der Waals surface area contributed by atoms with E-state index in [0.29, 0.717) is 11.0 Å². The lowest BCUT2D eigenvalue weighted by Crippen LogP contribution is -2.42. The summed E-state index contributed by atoms with van der Waals surface area (Å²) in [5, 5.41) is 11.0. The number of nitrogens with zero attached hydrogens (tertiary/aromatic N) is 3. The van der Waals surface area contributed by atoms with Crippen LogP contribution in [0.4, 0.5) is 28.9 Å². The minimum Gasteiger partial charge on any atom is -0.357 e. The monoisotopic (exact) mass is 335 g/mol. The van der Waals surface area contributed by atoms with Crippen molar-refractivity contribution in [1.82, 2.24) is 4.90 Å². The highest BCUT2D eigenvalue weighted by Gasteiger charge is 2.41.